The lowest BCUT2D eigenvalue weighted by Crippen LogP contribution is -2.09. The van der Waals surface area contributed by atoms with Crippen molar-refractivity contribution >= 4 is 17.5 Å². The summed E-state index contributed by atoms with van der Waals surface area (Å²) in [6, 6.07) is 20.3. The highest BCUT2D eigenvalue weighted by Crippen LogP contribution is 2.27. The Morgan fingerprint density at radius 2 is 1.69 bits per heavy atom. The molecule has 0 spiro atoms. The summed E-state index contributed by atoms with van der Waals surface area (Å²) >= 11 is 1.45. The maximum Gasteiger partial charge on any atom is 0.192 e. The number of fused-ring (bicyclic) bond motifs is 1. The maximum absolute atomic E-state index is 13.0. The van der Waals surface area contributed by atoms with E-state index in [9.17, 15) is 4.79 Å². The van der Waals surface area contributed by atoms with Crippen LogP contribution in [0, 0.1) is 0 Å². The molecule has 1 aliphatic carbocycles. The summed E-state index contributed by atoms with van der Waals surface area (Å²) in [5.41, 5.74) is 5.63. The maximum atomic E-state index is 13.0. The van der Waals surface area contributed by atoms with E-state index >= 15 is 0 Å². The van der Waals surface area contributed by atoms with E-state index in [1.165, 1.54) is 35.7 Å². The summed E-state index contributed by atoms with van der Waals surface area (Å²) < 4.78 is 2.08. The Balaban J connectivity index is 1.38. The molecule has 0 bridgehead atoms. The predicted molar refractivity (Wildman–Crippen MR) is 127 cm³/mol. The number of carbonyl (C=O) groups excluding carboxylic acids is 1. The van der Waals surface area contributed by atoms with Crippen LogP contribution in [0.1, 0.15) is 39.9 Å². The fourth-order valence-electron chi connectivity index (χ4n) is 4.14. The average Bonchev–Trinajstić information content (AvgIpc) is 3.25. The molecule has 2 aromatic heterocycles. The van der Waals surface area contributed by atoms with Gasteiger partial charge in [-0.05, 0) is 60.6 Å². The second kappa shape index (κ2) is 9.49. The Morgan fingerprint density at radius 1 is 0.906 bits per heavy atom. The molecule has 0 fully saturated rings. The molecule has 2 heterocycles. The minimum absolute atomic E-state index is 0.128. The van der Waals surface area contributed by atoms with Crippen molar-refractivity contribution in [1.29, 1.82) is 0 Å². The number of hydrogen-bond donors (Lipinski definition) is 0. The second-order valence-electron chi connectivity index (χ2n) is 8.02. The van der Waals surface area contributed by atoms with E-state index in [2.05, 4.69) is 44.0 Å². The summed E-state index contributed by atoms with van der Waals surface area (Å²) in [5, 5.41) is 9.61. The molecule has 0 radical (unpaired) electrons. The van der Waals surface area contributed by atoms with Crippen LogP contribution in [0.4, 0.5) is 0 Å². The van der Waals surface area contributed by atoms with Crippen LogP contribution in [0.3, 0.4) is 0 Å². The third-order valence-corrected chi connectivity index (χ3v) is 6.81. The zero-order chi connectivity index (χ0) is 21.8. The van der Waals surface area contributed by atoms with Crippen molar-refractivity contribution < 1.29 is 4.79 Å². The molecule has 0 atom stereocenters. The normalized spacial score (nSPS) is 13.0. The molecular formula is C26H24N4OS. The summed E-state index contributed by atoms with van der Waals surface area (Å²) in [7, 11) is 0. The van der Waals surface area contributed by atoms with Gasteiger partial charge in [-0.2, -0.15) is 0 Å². The minimum atomic E-state index is 0.128. The molecule has 0 unspecified atom stereocenters. The van der Waals surface area contributed by atoms with Gasteiger partial charge in [0.05, 0.1) is 12.3 Å². The molecule has 2 aromatic carbocycles. The van der Waals surface area contributed by atoms with Crippen LogP contribution >= 0.6 is 11.8 Å². The van der Waals surface area contributed by atoms with Crippen LogP contribution < -0.4 is 0 Å². The first-order valence-corrected chi connectivity index (χ1v) is 11.9. The number of benzene rings is 2. The van der Waals surface area contributed by atoms with Crippen LogP contribution in [-0.2, 0) is 19.4 Å². The number of aryl methyl sites for hydroxylation is 2. The van der Waals surface area contributed by atoms with Gasteiger partial charge in [-0.15, -0.1) is 10.2 Å². The van der Waals surface area contributed by atoms with Crippen LogP contribution in [0.25, 0.3) is 11.4 Å². The third-order valence-electron chi connectivity index (χ3n) is 5.84. The number of ketones is 1. The Labute approximate surface area is 191 Å². The van der Waals surface area contributed by atoms with E-state index in [1.54, 1.807) is 12.4 Å². The lowest BCUT2D eigenvalue weighted by atomic mass is 9.90. The standard InChI is InChI=1S/C26H24N4OS/c31-24(23-11-10-20-8-4-5-9-22(20)16-23)18-32-26-29-28-25(21-12-14-27-15-13-21)30(26)17-19-6-2-1-3-7-19/h1-3,6-7,10-16H,4-5,8-9,17-18H2. The lowest BCUT2D eigenvalue weighted by molar-refractivity contribution is 0.102. The van der Waals surface area contributed by atoms with Crippen molar-refractivity contribution in [2.24, 2.45) is 0 Å². The largest absolute Gasteiger partial charge is 0.298 e. The van der Waals surface area contributed by atoms with Gasteiger partial charge in [0.15, 0.2) is 16.8 Å². The number of thioether (sulfide) groups is 1. The van der Waals surface area contributed by atoms with Gasteiger partial charge in [-0.1, -0.05) is 54.2 Å². The van der Waals surface area contributed by atoms with Gasteiger partial charge in [0.2, 0.25) is 0 Å². The van der Waals surface area contributed by atoms with Gasteiger partial charge in [-0.3, -0.25) is 14.3 Å². The van der Waals surface area contributed by atoms with Crippen LogP contribution in [0.5, 0.6) is 0 Å². The lowest BCUT2D eigenvalue weighted by Gasteiger charge is -2.16. The zero-order valence-corrected chi connectivity index (χ0v) is 18.6. The first kappa shape index (κ1) is 20.6. The third kappa shape index (κ3) is 4.50. The van der Waals surface area contributed by atoms with Crippen molar-refractivity contribution in [1.82, 2.24) is 19.7 Å². The predicted octanol–water partition coefficient (Wildman–Crippen LogP) is 5.24. The number of rotatable bonds is 7. The molecule has 32 heavy (non-hydrogen) atoms. The van der Waals surface area contributed by atoms with Gasteiger partial charge < -0.3 is 0 Å². The quantitative estimate of drug-likeness (QED) is 0.290. The molecule has 0 saturated carbocycles. The highest BCUT2D eigenvalue weighted by molar-refractivity contribution is 7.99. The fraction of sp³-hybridized carbons (Fsp3) is 0.231. The number of aromatic nitrogens is 4. The van der Waals surface area contributed by atoms with Gasteiger partial charge in [0.1, 0.15) is 0 Å². The topological polar surface area (TPSA) is 60.7 Å². The van der Waals surface area contributed by atoms with Crippen LogP contribution in [0.2, 0.25) is 0 Å². The number of pyridine rings is 1. The summed E-state index contributed by atoms with van der Waals surface area (Å²) in [5.74, 6) is 1.24. The van der Waals surface area contributed by atoms with Gasteiger partial charge in [-0.25, -0.2) is 0 Å². The highest BCUT2D eigenvalue weighted by Gasteiger charge is 2.18. The average molecular weight is 441 g/mol. The van der Waals surface area contributed by atoms with Gasteiger partial charge in [0, 0.05) is 23.5 Å². The van der Waals surface area contributed by atoms with Crippen LogP contribution in [-0.4, -0.2) is 31.3 Å². The summed E-state index contributed by atoms with van der Waals surface area (Å²) in [6.45, 7) is 0.640. The number of nitrogens with zero attached hydrogens (tertiary/aromatic N) is 4. The van der Waals surface area contributed by atoms with Crippen molar-refractivity contribution in [3.8, 4) is 11.4 Å². The number of carbonyl (C=O) groups is 1. The smallest absolute Gasteiger partial charge is 0.192 e. The Bertz CT molecular complexity index is 1220. The molecule has 0 aliphatic heterocycles. The van der Waals surface area contributed by atoms with E-state index in [1.807, 2.05) is 36.4 Å². The molecule has 5 nitrogen and oxygen atoms in total. The van der Waals surface area contributed by atoms with Crippen molar-refractivity contribution in [2.75, 3.05) is 5.75 Å². The van der Waals surface area contributed by atoms with Crippen LogP contribution in [0.15, 0.2) is 78.2 Å². The Morgan fingerprint density at radius 3 is 2.50 bits per heavy atom. The van der Waals surface area contributed by atoms with Gasteiger partial charge in [0.25, 0.3) is 0 Å². The summed E-state index contributed by atoms with van der Waals surface area (Å²) in [6.07, 6.45) is 8.16. The van der Waals surface area contributed by atoms with E-state index in [4.69, 9.17) is 0 Å². The van der Waals surface area contributed by atoms with E-state index < -0.39 is 0 Å². The second-order valence-corrected chi connectivity index (χ2v) is 8.96. The van der Waals surface area contributed by atoms with E-state index in [0.717, 1.165) is 40.5 Å². The molecule has 0 amide bonds. The van der Waals surface area contributed by atoms with Crippen molar-refractivity contribution in [3.05, 3.63) is 95.3 Å². The number of hydrogen-bond acceptors (Lipinski definition) is 5. The molecule has 0 saturated heterocycles. The highest BCUT2D eigenvalue weighted by atomic mass is 32.2. The SMILES string of the molecule is O=C(CSc1nnc(-c2ccncc2)n1Cc1ccccc1)c1ccc2c(c1)CCCC2. The molecular weight excluding hydrogens is 416 g/mol. The first-order valence-electron chi connectivity index (χ1n) is 10.9. The summed E-state index contributed by atoms with van der Waals surface area (Å²) in [4.78, 5) is 17.1. The van der Waals surface area contributed by atoms with Gasteiger partial charge >= 0.3 is 0 Å². The number of Topliss-reactive ketones (excluding diaryl/α,β-unsaturated/α-hetero) is 1. The Kier molecular flexibility index (Phi) is 6.12. The zero-order valence-electron chi connectivity index (χ0n) is 17.8. The molecule has 6 heteroatoms. The molecule has 5 rings (SSSR count). The Hall–Kier alpha value is -3.25. The molecule has 4 aromatic rings. The molecule has 160 valence electrons. The first-order chi connectivity index (χ1) is 15.8. The molecule has 1 aliphatic rings. The fourth-order valence-corrected chi connectivity index (χ4v) is 4.97. The van der Waals surface area contributed by atoms with E-state index in [0.29, 0.717) is 12.3 Å². The molecule has 0 N–H and O–H groups in total. The monoisotopic (exact) mass is 440 g/mol. The van der Waals surface area contributed by atoms with E-state index in [-0.39, 0.29) is 5.78 Å². The minimum Gasteiger partial charge on any atom is -0.298 e. The van der Waals surface area contributed by atoms with Crippen molar-refractivity contribution in [3.63, 3.8) is 0 Å². The van der Waals surface area contributed by atoms with Crippen molar-refractivity contribution in [2.45, 2.75) is 37.4 Å².